The zero-order valence-corrected chi connectivity index (χ0v) is 33.2. The van der Waals surface area contributed by atoms with Gasteiger partial charge in [0.2, 0.25) is 23.6 Å². The Hall–Kier alpha value is -3.55. The first kappa shape index (κ1) is 44.6. The average Bonchev–Trinajstić information content (AvgIpc) is 3.59. The third kappa shape index (κ3) is 11.7. The van der Waals surface area contributed by atoms with Crippen LogP contribution in [0.25, 0.3) is 0 Å². The molecule has 1 fully saturated rings. The largest absolute Gasteiger partial charge is 0.480 e. The number of benzene rings is 1. The molecule has 4 N–H and O–H groups in total. The van der Waals surface area contributed by atoms with Gasteiger partial charge in [0.25, 0.3) is 0 Å². The number of nitrogens with one attached hydrogen (secondary N) is 3. The number of carboxylic acid groups (broad SMARTS) is 1. The first-order valence-electron chi connectivity index (χ1n) is 18.7. The summed E-state index contributed by atoms with van der Waals surface area (Å²) in [7, 11) is 6.46. The minimum atomic E-state index is -1.14. The van der Waals surface area contributed by atoms with Gasteiger partial charge in [-0.3, -0.25) is 19.2 Å². The lowest BCUT2D eigenvalue weighted by molar-refractivity contribution is -0.148. The van der Waals surface area contributed by atoms with Crippen molar-refractivity contribution in [1.29, 1.82) is 0 Å². The van der Waals surface area contributed by atoms with Crippen LogP contribution in [0, 0.1) is 23.7 Å². The summed E-state index contributed by atoms with van der Waals surface area (Å²) < 4.78 is 11.8. The summed E-state index contributed by atoms with van der Waals surface area (Å²) in [6.45, 7) is 13.9. The molecule has 0 aromatic heterocycles. The zero-order valence-electron chi connectivity index (χ0n) is 33.2. The summed E-state index contributed by atoms with van der Waals surface area (Å²) in [5.41, 5.74) is 0.785. The summed E-state index contributed by atoms with van der Waals surface area (Å²) in [5.74, 6) is -3.27. The second kappa shape index (κ2) is 21.2. The summed E-state index contributed by atoms with van der Waals surface area (Å²) >= 11 is 0. The highest BCUT2D eigenvalue weighted by molar-refractivity contribution is 5.90. The number of amides is 4. The van der Waals surface area contributed by atoms with Crippen molar-refractivity contribution in [3.63, 3.8) is 0 Å². The lowest BCUT2D eigenvalue weighted by Gasteiger charge is -2.41. The third-order valence-corrected chi connectivity index (χ3v) is 10.6. The standard InChI is InChI=1S/C39H65N5O8/c1-12-25(6)34(43(9)38(48)33(24(4)5)42-37(47)32(40-8)23(2)3)30(51-10)22-31(45)44-20-16-19-29(44)35(52-11)26(7)36(46)41-28(39(49)50)21-27-17-14-13-15-18-27/h13-15,17-18,23-26,28-30,32-35,40H,12,16,19-22H2,1-11H3,(H,41,46)(H,42,47)(H,49,50)/t25-,26+,28?,29-,30?,32-,33-,34-,35+/m0/s1. The molecule has 1 aliphatic rings. The molecule has 1 aliphatic heterocycles. The van der Waals surface area contributed by atoms with Gasteiger partial charge < -0.3 is 40.3 Å². The minimum absolute atomic E-state index is 0.0112. The van der Waals surface area contributed by atoms with E-state index >= 15 is 0 Å². The van der Waals surface area contributed by atoms with Crippen molar-refractivity contribution in [2.24, 2.45) is 23.7 Å². The molecule has 0 radical (unpaired) electrons. The van der Waals surface area contributed by atoms with Crippen LogP contribution < -0.4 is 16.0 Å². The molecular formula is C39H65N5O8. The highest BCUT2D eigenvalue weighted by Gasteiger charge is 2.43. The highest BCUT2D eigenvalue weighted by atomic mass is 16.5. The maximum Gasteiger partial charge on any atom is 0.326 e. The van der Waals surface area contributed by atoms with Gasteiger partial charge in [-0.05, 0) is 43.2 Å². The molecule has 13 nitrogen and oxygen atoms in total. The Labute approximate surface area is 310 Å². The Morgan fingerprint density at radius 2 is 1.54 bits per heavy atom. The number of likely N-dealkylation sites (N-methyl/N-ethyl adjacent to an activating group) is 2. The molecule has 0 bridgehead atoms. The lowest BCUT2D eigenvalue weighted by atomic mass is 9.89. The fourth-order valence-corrected chi connectivity index (χ4v) is 7.40. The molecule has 294 valence electrons. The number of likely N-dealkylation sites (tertiary alicyclic amines) is 1. The molecule has 2 rings (SSSR count). The SMILES string of the molecule is CC[C@H](C)[C@@H](C(CC(=O)N1CCC[C@H]1[C@H](OC)[C@@H](C)C(=O)NC(Cc1ccccc1)C(=O)O)OC)N(C)C(=O)[C@@H](NC(=O)[C@@H](NC)C(C)C)C(C)C. The van der Waals surface area contributed by atoms with Crippen molar-refractivity contribution >= 4 is 29.6 Å². The molecule has 4 amide bonds. The molecular weight excluding hydrogens is 666 g/mol. The van der Waals surface area contributed by atoms with Crippen LogP contribution in [-0.4, -0.2) is 122 Å². The van der Waals surface area contributed by atoms with E-state index in [1.165, 1.54) is 14.2 Å². The molecule has 1 aromatic rings. The topological polar surface area (TPSA) is 167 Å². The van der Waals surface area contributed by atoms with Crippen LogP contribution in [0.3, 0.4) is 0 Å². The Morgan fingerprint density at radius 1 is 0.923 bits per heavy atom. The maximum absolute atomic E-state index is 14.1. The number of methoxy groups -OCH3 is 2. The molecule has 0 saturated carbocycles. The van der Waals surface area contributed by atoms with Gasteiger partial charge in [0.15, 0.2) is 0 Å². The van der Waals surface area contributed by atoms with Crippen LogP contribution >= 0.6 is 0 Å². The predicted octanol–water partition coefficient (Wildman–Crippen LogP) is 3.10. The normalized spacial score (nSPS) is 19.2. The van der Waals surface area contributed by atoms with Gasteiger partial charge in [-0.15, -0.1) is 0 Å². The van der Waals surface area contributed by atoms with E-state index < -0.39 is 60.2 Å². The van der Waals surface area contributed by atoms with Crippen LogP contribution in [0.4, 0.5) is 0 Å². The molecule has 1 heterocycles. The average molecular weight is 732 g/mol. The second-order valence-corrected chi connectivity index (χ2v) is 14.9. The minimum Gasteiger partial charge on any atom is -0.480 e. The Morgan fingerprint density at radius 3 is 2.04 bits per heavy atom. The van der Waals surface area contributed by atoms with Crippen LogP contribution in [0.5, 0.6) is 0 Å². The van der Waals surface area contributed by atoms with Crippen molar-refractivity contribution in [3.8, 4) is 0 Å². The first-order chi connectivity index (χ1) is 24.5. The van der Waals surface area contributed by atoms with Crippen LogP contribution in [0.2, 0.25) is 0 Å². The summed E-state index contributed by atoms with van der Waals surface area (Å²) in [4.78, 5) is 70.3. The number of rotatable bonds is 21. The number of carboxylic acids is 1. The van der Waals surface area contributed by atoms with Crippen LogP contribution in [-0.2, 0) is 39.9 Å². The molecule has 9 atom stereocenters. The molecule has 0 spiro atoms. The van der Waals surface area contributed by atoms with Crippen LogP contribution in [0.15, 0.2) is 30.3 Å². The number of nitrogens with zero attached hydrogens (tertiary/aromatic N) is 2. The predicted molar refractivity (Wildman–Crippen MR) is 200 cm³/mol. The number of carbonyl (C=O) groups is 5. The summed E-state index contributed by atoms with van der Waals surface area (Å²) in [6.07, 6.45) is 0.818. The number of carbonyl (C=O) groups excluding carboxylic acids is 4. The fraction of sp³-hybridized carbons (Fsp3) is 0.718. The molecule has 52 heavy (non-hydrogen) atoms. The molecule has 13 heteroatoms. The first-order valence-corrected chi connectivity index (χ1v) is 18.7. The zero-order chi connectivity index (χ0) is 39.3. The summed E-state index contributed by atoms with van der Waals surface area (Å²) in [5, 5.41) is 18.5. The van der Waals surface area contributed by atoms with E-state index in [0.29, 0.717) is 19.4 Å². The van der Waals surface area contributed by atoms with Crippen molar-refractivity contribution in [3.05, 3.63) is 35.9 Å². The van der Waals surface area contributed by atoms with Gasteiger partial charge in [0, 0.05) is 34.2 Å². The fourth-order valence-electron chi connectivity index (χ4n) is 7.40. The van der Waals surface area contributed by atoms with E-state index in [-0.39, 0.29) is 48.3 Å². The van der Waals surface area contributed by atoms with Gasteiger partial charge in [-0.2, -0.15) is 0 Å². The van der Waals surface area contributed by atoms with Crippen molar-refractivity contribution in [2.45, 2.75) is 123 Å². The van der Waals surface area contributed by atoms with Gasteiger partial charge >= 0.3 is 5.97 Å². The van der Waals surface area contributed by atoms with Crippen molar-refractivity contribution in [2.75, 3.05) is 34.9 Å². The van der Waals surface area contributed by atoms with Gasteiger partial charge in [-0.1, -0.05) is 85.2 Å². The van der Waals surface area contributed by atoms with E-state index in [0.717, 1.165) is 12.0 Å². The van der Waals surface area contributed by atoms with E-state index in [9.17, 15) is 29.1 Å². The number of hydrogen-bond donors (Lipinski definition) is 4. The lowest BCUT2D eigenvalue weighted by Crippen LogP contribution is -2.59. The monoisotopic (exact) mass is 731 g/mol. The highest BCUT2D eigenvalue weighted by Crippen LogP contribution is 2.29. The molecule has 1 saturated heterocycles. The number of ether oxygens (including phenoxy) is 2. The maximum atomic E-state index is 14.1. The van der Waals surface area contributed by atoms with Crippen LogP contribution in [0.1, 0.15) is 79.7 Å². The molecule has 0 aliphatic carbocycles. The Kier molecular flexibility index (Phi) is 18.2. The number of aliphatic carboxylic acids is 1. The number of hydrogen-bond acceptors (Lipinski definition) is 8. The Bertz CT molecular complexity index is 1310. The molecule has 1 aromatic carbocycles. The van der Waals surface area contributed by atoms with E-state index in [1.54, 1.807) is 30.8 Å². The molecule has 2 unspecified atom stereocenters. The van der Waals surface area contributed by atoms with Gasteiger partial charge in [-0.25, -0.2) is 4.79 Å². The Balaban J connectivity index is 2.26. The summed E-state index contributed by atoms with van der Waals surface area (Å²) in [6, 6.07) is 5.84. The van der Waals surface area contributed by atoms with Gasteiger partial charge in [0.05, 0.1) is 42.7 Å². The smallest absolute Gasteiger partial charge is 0.326 e. The second-order valence-electron chi connectivity index (χ2n) is 14.9. The third-order valence-electron chi connectivity index (χ3n) is 10.6. The van der Waals surface area contributed by atoms with E-state index in [1.807, 2.05) is 71.9 Å². The van der Waals surface area contributed by atoms with Crippen molar-refractivity contribution in [1.82, 2.24) is 25.8 Å². The van der Waals surface area contributed by atoms with Gasteiger partial charge in [0.1, 0.15) is 12.1 Å². The van der Waals surface area contributed by atoms with Crippen molar-refractivity contribution < 1.29 is 38.6 Å². The van der Waals surface area contributed by atoms with E-state index in [4.69, 9.17) is 9.47 Å². The quantitative estimate of drug-likeness (QED) is 0.149. The van der Waals surface area contributed by atoms with E-state index in [2.05, 4.69) is 16.0 Å².